The first kappa shape index (κ1) is 23.3. The summed E-state index contributed by atoms with van der Waals surface area (Å²) in [6.45, 7) is 8.83. The molecular weight excluding hydrogens is 368 g/mol. The van der Waals surface area contributed by atoms with Crippen LogP contribution in [-0.2, 0) is 4.84 Å². The second-order valence-electron chi connectivity index (χ2n) is 9.86. The molecule has 1 saturated heterocycles. The molecule has 0 radical (unpaired) electrons. The highest BCUT2D eigenvalue weighted by molar-refractivity contribution is 5.88. The Balaban J connectivity index is 1.52. The van der Waals surface area contributed by atoms with E-state index in [-0.39, 0.29) is 6.10 Å². The maximum absolute atomic E-state index is 5.80. The smallest absolute Gasteiger partial charge is 0.157 e. The topological polar surface area (TPSA) is 24.8 Å². The minimum atomic E-state index is 0.0340. The van der Waals surface area contributed by atoms with Gasteiger partial charge in [-0.05, 0) is 70.2 Å². The minimum absolute atomic E-state index is 0.0340. The van der Waals surface area contributed by atoms with Crippen LogP contribution in [0, 0.1) is 17.8 Å². The summed E-state index contributed by atoms with van der Waals surface area (Å²) >= 11 is 0. The lowest BCUT2D eigenvalue weighted by Crippen LogP contribution is -2.33. The van der Waals surface area contributed by atoms with Crippen molar-refractivity contribution in [1.29, 1.82) is 0 Å². The molecule has 2 heterocycles. The SMILES string of the molecule is C=C(/C=C\C=C/C)C1CC(C2CCCCCCC(C3CCN(C)CC3)CCC2)=NO1. The number of rotatable bonds is 5. The van der Waals surface area contributed by atoms with Crippen molar-refractivity contribution in [2.45, 2.75) is 90.1 Å². The van der Waals surface area contributed by atoms with Crippen LogP contribution in [0.2, 0.25) is 0 Å². The molecule has 3 unspecified atom stereocenters. The van der Waals surface area contributed by atoms with Crippen molar-refractivity contribution in [1.82, 2.24) is 4.90 Å². The Kier molecular flexibility index (Phi) is 9.71. The molecule has 0 aromatic rings. The Morgan fingerprint density at radius 1 is 0.933 bits per heavy atom. The van der Waals surface area contributed by atoms with Crippen molar-refractivity contribution < 1.29 is 4.84 Å². The van der Waals surface area contributed by atoms with Gasteiger partial charge in [-0.1, -0.05) is 81.0 Å². The van der Waals surface area contributed by atoms with Gasteiger partial charge in [-0.25, -0.2) is 0 Å². The maximum atomic E-state index is 5.80. The van der Waals surface area contributed by atoms with E-state index in [0.717, 1.165) is 23.8 Å². The van der Waals surface area contributed by atoms with Crippen LogP contribution in [0.15, 0.2) is 41.6 Å². The molecule has 3 heteroatoms. The van der Waals surface area contributed by atoms with Crippen molar-refractivity contribution in [3.05, 3.63) is 36.5 Å². The fraction of sp³-hybridized carbons (Fsp3) is 0.741. The fourth-order valence-electron chi connectivity index (χ4n) is 5.60. The Morgan fingerprint density at radius 2 is 1.60 bits per heavy atom. The average Bonchev–Trinajstić information content (AvgIpc) is 3.22. The Labute approximate surface area is 185 Å². The van der Waals surface area contributed by atoms with E-state index in [0.29, 0.717) is 5.92 Å². The monoisotopic (exact) mass is 412 g/mol. The number of hydrogen-bond acceptors (Lipinski definition) is 3. The zero-order chi connectivity index (χ0) is 21.2. The van der Waals surface area contributed by atoms with Gasteiger partial charge in [0.05, 0.1) is 5.71 Å². The van der Waals surface area contributed by atoms with Gasteiger partial charge >= 0.3 is 0 Å². The maximum Gasteiger partial charge on any atom is 0.157 e. The van der Waals surface area contributed by atoms with Crippen molar-refractivity contribution in [2.24, 2.45) is 22.9 Å². The van der Waals surface area contributed by atoms with Crippen molar-refractivity contribution >= 4 is 5.71 Å². The van der Waals surface area contributed by atoms with Gasteiger partial charge in [0.25, 0.3) is 0 Å². The second kappa shape index (κ2) is 12.5. The summed E-state index contributed by atoms with van der Waals surface area (Å²) in [5.74, 6) is 2.52. The van der Waals surface area contributed by atoms with E-state index in [4.69, 9.17) is 4.84 Å². The van der Waals surface area contributed by atoms with Crippen LogP contribution in [-0.4, -0.2) is 36.9 Å². The predicted octanol–water partition coefficient (Wildman–Crippen LogP) is 6.92. The summed E-state index contributed by atoms with van der Waals surface area (Å²) in [6, 6.07) is 0. The van der Waals surface area contributed by atoms with Crippen LogP contribution >= 0.6 is 0 Å². The molecule has 2 aliphatic heterocycles. The Morgan fingerprint density at radius 3 is 2.37 bits per heavy atom. The summed E-state index contributed by atoms with van der Waals surface area (Å²) in [5.41, 5.74) is 2.33. The standard InChI is InChI=1S/C27H44N2O/c1-4-5-8-12-22(2)27-21-26(28-30-27)25-14-10-7-6-9-13-23(15-11-16-25)24-17-19-29(3)20-18-24/h4-5,8,12,23-25,27H,2,6-7,9-11,13-21H2,1,3H3/b5-4-,12-8-. The first-order chi connectivity index (χ1) is 14.7. The molecule has 0 spiro atoms. The number of nitrogens with zero attached hydrogens (tertiary/aromatic N) is 2. The van der Waals surface area contributed by atoms with Crippen molar-refractivity contribution in [2.75, 3.05) is 20.1 Å². The van der Waals surface area contributed by atoms with Crippen LogP contribution in [0.3, 0.4) is 0 Å². The third-order valence-electron chi connectivity index (χ3n) is 7.63. The number of oxime groups is 1. The highest BCUT2D eigenvalue weighted by Gasteiger charge is 2.29. The highest BCUT2D eigenvalue weighted by Crippen LogP contribution is 2.35. The molecule has 3 rings (SSSR count). The molecule has 1 aliphatic carbocycles. The van der Waals surface area contributed by atoms with Gasteiger partial charge in [-0.15, -0.1) is 0 Å². The summed E-state index contributed by atoms with van der Waals surface area (Å²) in [7, 11) is 2.28. The molecular formula is C27H44N2O. The third-order valence-corrected chi connectivity index (χ3v) is 7.63. The lowest BCUT2D eigenvalue weighted by molar-refractivity contribution is 0.114. The molecule has 0 amide bonds. The number of likely N-dealkylation sites (tertiary alicyclic amines) is 1. The van der Waals surface area contributed by atoms with Crippen LogP contribution in [0.25, 0.3) is 0 Å². The predicted molar refractivity (Wildman–Crippen MR) is 129 cm³/mol. The summed E-state index contributed by atoms with van der Waals surface area (Å²) in [6.07, 6.45) is 24.3. The second-order valence-corrected chi connectivity index (χ2v) is 9.86. The van der Waals surface area contributed by atoms with Crippen LogP contribution < -0.4 is 0 Å². The van der Waals surface area contributed by atoms with Crippen molar-refractivity contribution in [3.63, 3.8) is 0 Å². The van der Waals surface area contributed by atoms with Gasteiger partial charge in [0.1, 0.15) is 0 Å². The molecule has 0 N–H and O–H groups in total. The van der Waals surface area contributed by atoms with Gasteiger partial charge in [0.2, 0.25) is 0 Å². The third kappa shape index (κ3) is 7.11. The molecule has 3 aliphatic rings. The van der Waals surface area contributed by atoms with Gasteiger partial charge in [0.15, 0.2) is 6.10 Å². The quantitative estimate of drug-likeness (QED) is 0.458. The van der Waals surface area contributed by atoms with Crippen LogP contribution in [0.1, 0.15) is 84.0 Å². The molecule has 0 aromatic heterocycles. The average molecular weight is 413 g/mol. The fourth-order valence-corrected chi connectivity index (χ4v) is 5.60. The normalized spacial score (nSPS) is 30.9. The molecule has 1 saturated carbocycles. The number of piperidine rings is 1. The zero-order valence-corrected chi connectivity index (χ0v) is 19.5. The largest absolute Gasteiger partial charge is 0.387 e. The molecule has 30 heavy (non-hydrogen) atoms. The number of hydrogen-bond donors (Lipinski definition) is 0. The van der Waals surface area contributed by atoms with E-state index < -0.39 is 0 Å². The summed E-state index contributed by atoms with van der Waals surface area (Å²) in [5, 5.41) is 4.56. The lowest BCUT2D eigenvalue weighted by atomic mass is 9.78. The Hall–Kier alpha value is -1.35. The first-order valence-electron chi connectivity index (χ1n) is 12.6. The molecule has 168 valence electrons. The van der Waals surface area contributed by atoms with Crippen LogP contribution in [0.4, 0.5) is 0 Å². The van der Waals surface area contributed by atoms with Gasteiger partial charge in [0, 0.05) is 12.3 Å². The molecule has 3 atom stereocenters. The molecule has 0 bridgehead atoms. The van der Waals surface area contributed by atoms with E-state index >= 15 is 0 Å². The van der Waals surface area contributed by atoms with E-state index in [9.17, 15) is 0 Å². The highest BCUT2D eigenvalue weighted by atomic mass is 16.6. The summed E-state index contributed by atoms with van der Waals surface area (Å²) < 4.78 is 0. The first-order valence-corrected chi connectivity index (χ1v) is 12.6. The van der Waals surface area contributed by atoms with Gasteiger partial charge in [-0.2, -0.15) is 0 Å². The molecule has 0 aromatic carbocycles. The van der Waals surface area contributed by atoms with Gasteiger partial charge < -0.3 is 9.74 Å². The van der Waals surface area contributed by atoms with Crippen molar-refractivity contribution in [3.8, 4) is 0 Å². The minimum Gasteiger partial charge on any atom is -0.387 e. The van der Waals surface area contributed by atoms with Crippen LogP contribution in [0.5, 0.6) is 0 Å². The Bertz CT molecular complexity index is 612. The number of allylic oxidation sites excluding steroid dienone is 3. The molecule has 2 fully saturated rings. The van der Waals surface area contributed by atoms with E-state index in [1.54, 1.807) is 0 Å². The van der Waals surface area contributed by atoms with Gasteiger partial charge in [-0.3, -0.25) is 0 Å². The van der Waals surface area contributed by atoms with E-state index in [1.807, 2.05) is 25.2 Å². The lowest BCUT2D eigenvalue weighted by Gasteiger charge is -2.34. The summed E-state index contributed by atoms with van der Waals surface area (Å²) in [4.78, 5) is 8.31. The molecule has 3 nitrogen and oxygen atoms in total. The zero-order valence-electron chi connectivity index (χ0n) is 19.5. The van der Waals surface area contributed by atoms with E-state index in [2.05, 4.69) is 29.8 Å². The van der Waals surface area contributed by atoms with E-state index in [1.165, 1.54) is 89.4 Å².